The Morgan fingerprint density at radius 1 is 1.06 bits per heavy atom. The number of benzene rings is 2. The molecule has 1 aliphatic carbocycles. The summed E-state index contributed by atoms with van der Waals surface area (Å²) in [5, 5.41) is 15.5. The highest BCUT2D eigenvalue weighted by atomic mass is 19.4. The third kappa shape index (κ3) is 4.29. The first-order chi connectivity index (χ1) is 17.1. The monoisotopic (exact) mass is 498 g/mol. The molecule has 2 amide bonds. The van der Waals surface area contributed by atoms with Crippen LogP contribution in [0.15, 0.2) is 67.0 Å². The molecule has 0 unspecified atom stereocenters. The first kappa shape index (κ1) is 23.5. The Kier molecular flexibility index (Phi) is 5.71. The van der Waals surface area contributed by atoms with Crippen molar-refractivity contribution in [2.45, 2.75) is 24.7 Å². The molecule has 11 heteroatoms. The normalized spacial score (nSPS) is 17.1. The number of imidazole rings is 1. The summed E-state index contributed by atoms with van der Waals surface area (Å²) in [5.41, 5.74) is 0.274. The van der Waals surface area contributed by atoms with Crippen LogP contribution in [0.3, 0.4) is 0 Å². The van der Waals surface area contributed by atoms with Gasteiger partial charge in [0.25, 0.3) is 11.8 Å². The van der Waals surface area contributed by atoms with Gasteiger partial charge in [-0.1, -0.05) is 24.3 Å². The van der Waals surface area contributed by atoms with E-state index >= 15 is 0 Å². The van der Waals surface area contributed by atoms with Crippen LogP contribution < -0.4 is 10.6 Å². The van der Waals surface area contributed by atoms with E-state index in [-0.39, 0.29) is 22.6 Å². The van der Waals surface area contributed by atoms with E-state index in [9.17, 15) is 32.3 Å². The number of fused-ring (bicyclic) bond motifs is 2. The zero-order valence-electron chi connectivity index (χ0n) is 18.4. The van der Waals surface area contributed by atoms with Crippen molar-refractivity contribution in [3.8, 4) is 0 Å². The Balaban J connectivity index is 1.36. The van der Waals surface area contributed by atoms with Crippen molar-refractivity contribution < 1.29 is 32.3 Å². The third-order valence-corrected chi connectivity index (χ3v) is 6.04. The molecule has 184 valence electrons. The number of aliphatic hydroxyl groups excluding tert-OH is 1. The number of alkyl halides is 3. The van der Waals surface area contributed by atoms with Crippen LogP contribution in [0, 0.1) is 5.82 Å². The summed E-state index contributed by atoms with van der Waals surface area (Å²) in [5.74, 6) is -2.24. The van der Waals surface area contributed by atoms with E-state index in [1.165, 1.54) is 6.07 Å². The van der Waals surface area contributed by atoms with Crippen molar-refractivity contribution in [2.24, 2.45) is 0 Å². The Labute approximate surface area is 201 Å². The van der Waals surface area contributed by atoms with E-state index in [0.717, 1.165) is 52.2 Å². The number of carbonyl (C=O) groups is 2. The van der Waals surface area contributed by atoms with Crippen molar-refractivity contribution in [1.82, 2.24) is 14.7 Å². The molecule has 2 heterocycles. The molecule has 36 heavy (non-hydrogen) atoms. The van der Waals surface area contributed by atoms with Crippen LogP contribution in [-0.4, -0.2) is 32.4 Å². The lowest BCUT2D eigenvalue weighted by Gasteiger charge is -2.18. The van der Waals surface area contributed by atoms with Crippen molar-refractivity contribution in [2.75, 3.05) is 5.32 Å². The lowest BCUT2D eigenvalue weighted by Crippen LogP contribution is -2.34. The van der Waals surface area contributed by atoms with Gasteiger partial charge in [0, 0.05) is 18.2 Å². The molecule has 2 aromatic heterocycles. The second-order valence-electron chi connectivity index (χ2n) is 8.35. The second kappa shape index (κ2) is 8.76. The van der Waals surface area contributed by atoms with Crippen LogP contribution in [0.4, 0.5) is 23.2 Å². The van der Waals surface area contributed by atoms with Crippen molar-refractivity contribution in [3.63, 3.8) is 0 Å². The maximum Gasteiger partial charge on any atom is 0.416 e. The van der Waals surface area contributed by atoms with E-state index in [2.05, 4.69) is 15.6 Å². The third-order valence-electron chi connectivity index (χ3n) is 6.04. The van der Waals surface area contributed by atoms with Gasteiger partial charge < -0.3 is 15.7 Å². The quantitative estimate of drug-likeness (QED) is 0.369. The molecule has 0 saturated heterocycles. The van der Waals surface area contributed by atoms with Gasteiger partial charge in [-0.25, -0.2) is 9.37 Å². The van der Waals surface area contributed by atoms with Crippen LogP contribution in [0.25, 0.3) is 5.65 Å². The van der Waals surface area contributed by atoms with Crippen molar-refractivity contribution in [3.05, 3.63) is 101 Å². The van der Waals surface area contributed by atoms with Gasteiger partial charge in [-0.15, -0.1) is 0 Å². The summed E-state index contributed by atoms with van der Waals surface area (Å²) in [6.07, 6.45) is -2.89. The predicted molar refractivity (Wildman–Crippen MR) is 121 cm³/mol. The molecule has 1 aliphatic rings. The van der Waals surface area contributed by atoms with Gasteiger partial charge in [0.05, 0.1) is 29.6 Å². The van der Waals surface area contributed by atoms with E-state index in [1.54, 1.807) is 12.1 Å². The van der Waals surface area contributed by atoms with E-state index < -0.39 is 41.5 Å². The zero-order valence-corrected chi connectivity index (χ0v) is 18.4. The number of anilines is 1. The molecule has 0 spiro atoms. The molecule has 4 aromatic rings. The van der Waals surface area contributed by atoms with Gasteiger partial charge in [-0.3, -0.25) is 14.0 Å². The Morgan fingerprint density at radius 3 is 2.61 bits per heavy atom. The number of nitrogens with zero attached hydrogens (tertiary/aromatic N) is 2. The molecule has 0 radical (unpaired) electrons. The molecule has 3 N–H and O–H groups in total. The topological polar surface area (TPSA) is 95.7 Å². The molecule has 0 saturated carbocycles. The second-order valence-corrected chi connectivity index (χ2v) is 8.35. The van der Waals surface area contributed by atoms with Gasteiger partial charge in [-0.2, -0.15) is 13.2 Å². The SMILES string of the molecule is O=C(N[C@@H]1c2ccccc2C[C@@H]1O)c1ccc(F)c(NC(=O)c2cnc3cc(C(F)(F)F)ccn23)c1. The van der Waals surface area contributed by atoms with E-state index in [4.69, 9.17) is 0 Å². The fraction of sp³-hybridized carbons (Fsp3) is 0.160. The van der Waals surface area contributed by atoms with E-state index in [0.29, 0.717) is 6.42 Å². The largest absolute Gasteiger partial charge is 0.416 e. The van der Waals surface area contributed by atoms with Gasteiger partial charge in [0.2, 0.25) is 0 Å². The Morgan fingerprint density at radius 2 is 1.83 bits per heavy atom. The number of carbonyl (C=O) groups excluding carboxylic acids is 2. The summed E-state index contributed by atoms with van der Waals surface area (Å²) < 4.78 is 54.4. The first-order valence-corrected chi connectivity index (χ1v) is 10.8. The number of rotatable bonds is 4. The van der Waals surface area contributed by atoms with Gasteiger partial charge in [0.15, 0.2) is 0 Å². The number of amides is 2. The minimum atomic E-state index is -4.57. The fourth-order valence-electron chi connectivity index (χ4n) is 4.25. The highest BCUT2D eigenvalue weighted by Crippen LogP contribution is 2.32. The van der Waals surface area contributed by atoms with Crippen LogP contribution in [0.1, 0.15) is 43.6 Å². The van der Waals surface area contributed by atoms with Crippen LogP contribution in [-0.2, 0) is 12.6 Å². The van der Waals surface area contributed by atoms with Crippen molar-refractivity contribution in [1.29, 1.82) is 0 Å². The van der Waals surface area contributed by atoms with Crippen LogP contribution in [0.2, 0.25) is 0 Å². The lowest BCUT2D eigenvalue weighted by atomic mass is 10.1. The number of hydrogen-bond acceptors (Lipinski definition) is 4. The van der Waals surface area contributed by atoms with Gasteiger partial charge >= 0.3 is 6.18 Å². The van der Waals surface area contributed by atoms with E-state index in [1.807, 2.05) is 12.1 Å². The molecule has 0 aliphatic heterocycles. The highest BCUT2D eigenvalue weighted by Gasteiger charge is 2.33. The summed E-state index contributed by atoms with van der Waals surface area (Å²) in [6, 6.07) is 11.6. The fourth-order valence-corrected chi connectivity index (χ4v) is 4.25. The number of aromatic nitrogens is 2. The lowest BCUT2D eigenvalue weighted by molar-refractivity contribution is -0.137. The number of halogens is 4. The molecule has 2 aromatic carbocycles. The van der Waals surface area contributed by atoms with Crippen LogP contribution in [0.5, 0.6) is 0 Å². The number of aliphatic hydroxyl groups is 1. The average molecular weight is 498 g/mol. The Bertz CT molecular complexity index is 1500. The summed E-state index contributed by atoms with van der Waals surface area (Å²) >= 11 is 0. The van der Waals surface area contributed by atoms with Gasteiger partial charge in [-0.05, 0) is 41.5 Å². The summed E-state index contributed by atoms with van der Waals surface area (Å²) in [7, 11) is 0. The summed E-state index contributed by atoms with van der Waals surface area (Å²) in [4.78, 5) is 29.5. The molecule has 5 rings (SSSR count). The highest BCUT2D eigenvalue weighted by molar-refractivity contribution is 6.04. The standard InChI is InChI=1S/C25H18F4N4O3/c26-17-6-5-14(23(35)32-22-16-4-2-1-3-13(16)10-20(22)34)9-18(17)31-24(36)19-12-30-21-11-15(25(27,28)29)7-8-33(19)21/h1-9,11-12,20,22,34H,10H2,(H,31,36)(H,32,35)/t20-,22+/m0/s1. The van der Waals surface area contributed by atoms with Gasteiger partial charge in [0.1, 0.15) is 17.2 Å². The first-order valence-electron chi connectivity index (χ1n) is 10.8. The molecule has 0 bridgehead atoms. The molecule has 7 nitrogen and oxygen atoms in total. The number of pyridine rings is 1. The van der Waals surface area contributed by atoms with Crippen LogP contribution >= 0.6 is 0 Å². The minimum absolute atomic E-state index is 0.0382. The smallest absolute Gasteiger partial charge is 0.390 e. The predicted octanol–water partition coefficient (Wildman–Crippen LogP) is 4.13. The number of hydrogen-bond donors (Lipinski definition) is 3. The maximum atomic E-state index is 14.5. The van der Waals surface area contributed by atoms with Crippen molar-refractivity contribution >= 4 is 23.1 Å². The minimum Gasteiger partial charge on any atom is -0.390 e. The number of nitrogens with one attached hydrogen (secondary N) is 2. The molecular weight excluding hydrogens is 480 g/mol. The maximum absolute atomic E-state index is 14.5. The molecule has 0 fully saturated rings. The zero-order chi connectivity index (χ0) is 25.6. The summed E-state index contributed by atoms with van der Waals surface area (Å²) in [6.45, 7) is 0. The molecule has 2 atom stereocenters. The molecular formula is C25H18F4N4O3. The Hall–Kier alpha value is -4.25. The average Bonchev–Trinajstić information content (AvgIpc) is 3.40.